The molecule has 70 valence electrons. The maximum absolute atomic E-state index is 10.3. The minimum absolute atomic E-state index is 0.150. The van der Waals surface area contributed by atoms with Crippen LogP contribution in [-0.4, -0.2) is 30.2 Å². The summed E-state index contributed by atoms with van der Waals surface area (Å²) in [6.07, 6.45) is -1.13. The van der Waals surface area contributed by atoms with Crippen LogP contribution in [0.5, 0.6) is 0 Å². The Bertz CT molecular complexity index is 182. The van der Waals surface area contributed by atoms with Crippen molar-refractivity contribution in [1.82, 2.24) is 5.32 Å². The van der Waals surface area contributed by atoms with Crippen LogP contribution in [0.25, 0.3) is 0 Å². The van der Waals surface area contributed by atoms with Crippen molar-refractivity contribution in [3.05, 3.63) is 11.1 Å². The van der Waals surface area contributed by atoms with Crippen LogP contribution in [0.15, 0.2) is 11.1 Å². The molecule has 4 nitrogen and oxygen atoms in total. The Morgan fingerprint density at radius 3 is 2.83 bits per heavy atom. The van der Waals surface area contributed by atoms with Crippen molar-refractivity contribution in [2.45, 2.75) is 13.0 Å². The lowest BCUT2D eigenvalue weighted by Gasteiger charge is -2.07. The molecule has 0 aliphatic carbocycles. The third kappa shape index (κ3) is 5.12. The van der Waals surface area contributed by atoms with E-state index in [1.165, 1.54) is 5.54 Å². The molecule has 0 aliphatic rings. The number of nitrogens with one attached hydrogen (secondary N) is 1. The number of rotatable bonds is 5. The normalized spacial score (nSPS) is 14.4. The molecule has 0 bridgehead atoms. The van der Waals surface area contributed by atoms with Crippen molar-refractivity contribution in [3.8, 4) is 0 Å². The van der Waals surface area contributed by atoms with Gasteiger partial charge in [0.2, 0.25) is 5.91 Å². The molecule has 0 aromatic rings. The van der Waals surface area contributed by atoms with Crippen LogP contribution in [0, 0.1) is 0 Å². The third-order valence-electron chi connectivity index (χ3n) is 1.26. The van der Waals surface area contributed by atoms with Gasteiger partial charge in [-0.05, 0) is 12.5 Å². The van der Waals surface area contributed by atoms with Gasteiger partial charge in [-0.2, -0.15) is 0 Å². The van der Waals surface area contributed by atoms with Gasteiger partial charge in [0.1, 0.15) is 6.10 Å². The summed E-state index contributed by atoms with van der Waals surface area (Å²) < 4.78 is 0. The minimum atomic E-state index is -1.13. The first-order valence-electron chi connectivity index (χ1n) is 3.52. The van der Waals surface area contributed by atoms with E-state index >= 15 is 0 Å². The summed E-state index contributed by atoms with van der Waals surface area (Å²) >= 11 is 5.37. The van der Waals surface area contributed by atoms with Gasteiger partial charge in [-0.3, -0.25) is 4.79 Å². The van der Waals surface area contributed by atoms with Crippen LogP contribution < -0.4 is 11.1 Å². The summed E-state index contributed by atoms with van der Waals surface area (Å²) in [5.41, 5.74) is 7.17. The summed E-state index contributed by atoms with van der Waals surface area (Å²) in [6, 6.07) is 0. The molecular formula is C7H13ClN2O2. The topological polar surface area (TPSA) is 75.3 Å². The molecule has 0 fully saturated rings. The number of nitrogens with two attached hydrogens (primary N) is 1. The van der Waals surface area contributed by atoms with Crippen LogP contribution in [-0.2, 0) is 4.79 Å². The summed E-state index contributed by atoms with van der Waals surface area (Å²) in [5.74, 6) is -0.727. The molecule has 0 radical (unpaired) electrons. The van der Waals surface area contributed by atoms with Gasteiger partial charge in [0, 0.05) is 18.6 Å². The van der Waals surface area contributed by atoms with Crippen LogP contribution in [0.2, 0.25) is 0 Å². The smallest absolute Gasteiger partial charge is 0.247 e. The lowest BCUT2D eigenvalue weighted by atomic mass is 10.3. The van der Waals surface area contributed by atoms with Crippen LogP contribution >= 0.6 is 11.6 Å². The molecule has 1 amide bonds. The van der Waals surface area contributed by atoms with Crippen molar-refractivity contribution >= 4 is 17.5 Å². The number of primary amides is 1. The Morgan fingerprint density at radius 1 is 1.83 bits per heavy atom. The number of carbonyl (C=O) groups is 1. The first-order valence-corrected chi connectivity index (χ1v) is 3.95. The molecule has 1 atom stereocenters. The maximum Gasteiger partial charge on any atom is 0.247 e. The first kappa shape index (κ1) is 11.4. The Labute approximate surface area is 76.4 Å². The van der Waals surface area contributed by atoms with Gasteiger partial charge in [-0.15, -0.1) is 0 Å². The van der Waals surface area contributed by atoms with E-state index in [0.29, 0.717) is 6.54 Å². The number of amides is 1. The zero-order valence-corrected chi connectivity index (χ0v) is 7.64. The highest BCUT2D eigenvalue weighted by molar-refractivity contribution is 6.25. The second-order valence-electron chi connectivity index (χ2n) is 2.50. The number of halogens is 1. The third-order valence-corrected chi connectivity index (χ3v) is 1.63. The lowest BCUT2D eigenvalue weighted by Crippen LogP contribution is -2.38. The molecule has 0 saturated carbocycles. The predicted molar refractivity (Wildman–Crippen MR) is 47.7 cm³/mol. The van der Waals surface area contributed by atoms with Gasteiger partial charge in [0.05, 0.1) is 0 Å². The average molecular weight is 193 g/mol. The highest BCUT2D eigenvalue weighted by Crippen LogP contribution is 1.91. The molecular weight excluding hydrogens is 180 g/mol. The van der Waals surface area contributed by atoms with E-state index in [2.05, 4.69) is 5.32 Å². The quantitative estimate of drug-likeness (QED) is 0.553. The van der Waals surface area contributed by atoms with Crippen LogP contribution in [0.3, 0.4) is 0 Å². The number of aliphatic hydroxyl groups is 1. The monoisotopic (exact) mass is 192 g/mol. The molecule has 0 aromatic carbocycles. The van der Waals surface area contributed by atoms with Crippen molar-refractivity contribution < 1.29 is 9.90 Å². The molecule has 1 unspecified atom stereocenters. The van der Waals surface area contributed by atoms with E-state index in [4.69, 9.17) is 22.4 Å². The molecule has 0 spiro atoms. The summed E-state index contributed by atoms with van der Waals surface area (Å²) in [6.45, 7) is 2.52. The Hall–Kier alpha value is -0.580. The zero-order valence-electron chi connectivity index (χ0n) is 6.88. The standard InChI is InChI=1S/C7H13ClN2O2/c1-5(2-8)3-10-4-6(11)7(9)12/h2,6,10-11H,3-4H2,1H3,(H2,9,12). The Kier molecular flexibility index (Phi) is 5.70. The molecule has 0 aromatic heterocycles. The van der Waals surface area contributed by atoms with Gasteiger partial charge in [0.15, 0.2) is 0 Å². The second kappa shape index (κ2) is 5.99. The van der Waals surface area contributed by atoms with E-state index in [9.17, 15) is 4.79 Å². The highest BCUT2D eigenvalue weighted by atomic mass is 35.5. The molecule has 0 heterocycles. The fraction of sp³-hybridized carbons (Fsp3) is 0.571. The molecule has 0 aliphatic heterocycles. The second-order valence-corrected chi connectivity index (χ2v) is 2.72. The molecule has 0 rings (SSSR count). The zero-order chi connectivity index (χ0) is 9.56. The van der Waals surface area contributed by atoms with E-state index in [1.54, 1.807) is 0 Å². The van der Waals surface area contributed by atoms with Gasteiger partial charge in [0.25, 0.3) is 0 Å². The van der Waals surface area contributed by atoms with Crippen molar-refractivity contribution in [3.63, 3.8) is 0 Å². The number of hydrogen-bond acceptors (Lipinski definition) is 3. The van der Waals surface area contributed by atoms with Gasteiger partial charge < -0.3 is 16.2 Å². The summed E-state index contributed by atoms with van der Waals surface area (Å²) in [5, 5.41) is 11.7. The van der Waals surface area contributed by atoms with Gasteiger partial charge >= 0.3 is 0 Å². The first-order chi connectivity index (χ1) is 5.57. The van der Waals surface area contributed by atoms with Crippen molar-refractivity contribution in [2.75, 3.05) is 13.1 Å². The summed E-state index contributed by atoms with van der Waals surface area (Å²) in [4.78, 5) is 10.3. The molecule has 0 saturated heterocycles. The molecule has 4 N–H and O–H groups in total. The van der Waals surface area contributed by atoms with E-state index < -0.39 is 12.0 Å². The van der Waals surface area contributed by atoms with Gasteiger partial charge in [-0.25, -0.2) is 0 Å². The van der Waals surface area contributed by atoms with Crippen LogP contribution in [0.1, 0.15) is 6.92 Å². The number of aliphatic hydroxyl groups excluding tert-OH is 1. The average Bonchev–Trinajstić information content (AvgIpc) is 2.03. The largest absolute Gasteiger partial charge is 0.382 e. The fourth-order valence-corrected chi connectivity index (χ4v) is 0.622. The maximum atomic E-state index is 10.3. The lowest BCUT2D eigenvalue weighted by molar-refractivity contribution is -0.125. The van der Waals surface area contributed by atoms with Crippen molar-refractivity contribution in [2.24, 2.45) is 5.73 Å². The highest BCUT2D eigenvalue weighted by Gasteiger charge is 2.08. The van der Waals surface area contributed by atoms with Crippen molar-refractivity contribution in [1.29, 1.82) is 0 Å². The van der Waals surface area contributed by atoms with E-state index in [0.717, 1.165) is 5.57 Å². The predicted octanol–water partition coefficient (Wildman–Crippen LogP) is -0.435. The number of hydrogen-bond donors (Lipinski definition) is 3. The SMILES string of the molecule is CC(=CCl)CNCC(O)C(N)=O. The Balaban J connectivity index is 3.50. The van der Waals surface area contributed by atoms with Crippen LogP contribution in [0.4, 0.5) is 0 Å². The summed E-state index contributed by atoms with van der Waals surface area (Å²) in [7, 11) is 0. The van der Waals surface area contributed by atoms with E-state index in [1.807, 2.05) is 6.92 Å². The fourth-order valence-electron chi connectivity index (χ4n) is 0.545. The molecule has 5 heteroatoms. The molecule has 12 heavy (non-hydrogen) atoms. The minimum Gasteiger partial charge on any atom is -0.382 e. The Morgan fingerprint density at radius 2 is 2.42 bits per heavy atom. The van der Waals surface area contributed by atoms with Gasteiger partial charge in [-0.1, -0.05) is 11.6 Å². The number of carbonyl (C=O) groups excluding carboxylic acids is 1. The van der Waals surface area contributed by atoms with E-state index in [-0.39, 0.29) is 6.54 Å².